The first-order valence-electron chi connectivity index (χ1n) is 7.95. The van der Waals surface area contributed by atoms with E-state index in [1.807, 2.05) is 6.08 Å². The molecule has 1 atom stereocenters. The molecule has 0 fully saturated rings. The van der Waals surface area contributed by atoms with Crippen molar-refractivity contribution >= 4 is 0 Å². The fourth-order valence-electron chi connectivity index (χ4n) is 2.82. The quantitative estimate of drug-likeness (QED) is 0.559. The molecule has 1 aromatic carbocycles. The van der Waals surface area contributed by atoms with E-state index in [0.717, 1.165) is 31.7 Å². The van der Waals surface area contributed by atoms with Gasteiger partial charge in [-0.15, -0.1) is 6.58 Å². The van der Waals surface area contributed by atoms with Crippen molar-refractivity contribution in [2.45, 2.75) is 51.5 Å². The molecule has 0 amide bonds. The highest BCUT2D eigenvalue weighted by Crippen LogP contribution is 2.32. The van der Waals surface area contributed by atoms with Gasteiger partial charge in [0.2, 0.25) is 0 Å². The average Bonchev–Trinajstić information content (AvgIpc) is 2.49. The minimum absolute atomic E-state index is 0.510. The van der Waals surface area contributed by atoms with Crippen LogP contribution in [0.25, 0.3) is 0 Å². The maximum atomic E-state index is 5.85. The van der Waals surface area contributed by atoms with Crippen molar-refractivity contribution in [1.29, 1.82) is 0 Å². The van der Waals surface area contributed by atoms with Crippen LogP contribution in [-0.2, 0) is 6.42 Å². The molecule has 0 spiro atoms. The van der Waals surface area contributed by atoms with Crippen LogP contribution in [0.1, 0.15) is 56.2 Å². The van der Waals surface area contributed by atoms with E-state index in [1.165, 1.54) is 36.8 Å². The van der Waals surface area contributed by atoms with E-state index >= 15 is 0 Å². The summed E-state index contributed by atoms with van der Waals surface area (Å²) in [7, 11) is 0. The molecule has 0 aliphatic heterocycles. The van der Waals surface area contributed by atoms with Gasteiger partial charge in [-0.2, -0.15) is 0 Å². The van der Waals surface area contributed by atoms with Crippen LogP contribution in [0.15, 0.2) is 30.9 Å². The molecule has 20 heavy (non-hydrogen) atoms. The Hall–Kier alpha value is -1.28. The zero-order valence-electron chi connectivity index (χ0n) is 12.7. The molecule has 0 saturated carbocycles. The van der Waals surface area contributed by atoms with Gasteiger partial charge in [0.25, 0.3) is 0 Å². The molecular formula is C18H27NO. The molecule has 0 saturated heterocycles. The van der Waals surface area contributed by atoms with Crippen LogP contribution in [0, 0.1) is 0 Å². The first-order chi connectivity index (χ1) is 9.85. The predicted octanol–water partition coefficient (Wildman–Crippen LogP) is 4.41. The SMILES string of the molecule is C=CCCCOc1ccc2c(c1)C(NCCC)CCC2. The summed E-state index contributed by atoms with van der Waals surface area (Å²) in [6, 6.07) is 7.12. The smallest absolute Gasteiger partial charge is 0.119 e. The average molecular weight is 273 g/mol. The summed E-state index contributed by atoms with van der Waals surface area (Å²) in [4.78, 5) is 0. The Morgan fingerprint density at radius 1 is 1.45 bits per heavy atom. The van der Waals surface area contributed by atoms with Crippen LogP contribution < -0.4 is 10.1 Å². The highest BCUT2D eigenvalue weighted by Gasteiger charge is 2.19. The summed E-state index contributed by atoms with van der Waals surface area (Å²) in [5.74, 6) is 1.01. The second-order valence-electron chi connectivity index (χ2n) is 5.54. The minimum atomic E-state index is 0.510. The van der Waals surface area contributed by atoms with Crippen LogP contribution in [-0.4, -0.2) is 13.2 Å². The van der Waals surface area contributed by atoms with E-state index in [1.54, 1.807) is 0 Å². The lowest BCUT2D eigenvalue weighted by atomic mass is 9.87. The Balaban J connectivity index is 2.01. The number of rotatable bonds is 8. The first kappa shape index (κ1) is 15.1. The lowest BCUT2D eigenvalue weighted by molar-refractivity contribution is 0.311. The molecule has 1 unspecified atom stereocenters. The van der Waals surface area contributed by atoms with E-state index in [9.17, 15) is 0 Å². The van der Waals surface area contributed by atoms with Gasteiger partial charge in [0.15, 0.2) is 0 Å². The molecule has 0 bridgehead atoms. The summed E-state index contributed by atoms with van der Waals surface area (Å²) in [6.45, 7) is 7.82. The van der Waals surface area contributed by atoms with Crippen molar-refractivity contribution in [3.8, 4) is 5.75 Å². The van der Waals surface area contributed by atoms with Gasteiger partial charge in [0.05, 0.1) is 6.61 Å². The van der Waals surface area contributed by atoms with Gasteiger partial charge < -0.3 is 10.1 Å². The minimum Gasteiger partial charge on any atom is -0.494 e. The van der Waals surface area contributed by atoms with Gasteiger partial charge in [0.1, 0.15) is 5.75 Å². The summed E-state index contributed by atoms with van der Waals surface area (Å²) in [6.07, 6.45) is 8.92. The molecule has 2 nitrogen and oxygen atoms in total. The van der Waals surface area contributed by atoms with Crippen LogP contribution in [0.3, 0.4) is 0 Å². The van der Waals surface area contributed by atoms with Crippen LogP contribution in [0.4, 0.5) is 0 Å². The first-order valence-corrected chi connectivity index (χ1v) is 7.95. The third-order valence-electron chi connectivity index (χ3n) is 3.89. The fourth-order valence-corrected chi connectivity index (χ4v) is 2.82. The molecule has 2 heteroatoms. The Bertz CT molecular complexity index is 427. The third-order valence-corrected chi connectivity index (χ3v) is 3.89. The number of hydrogen-bond donors (Lipinski definition) is 1. The number of aryl methyl sites for hydroxylation is 1. The number of benzene rings is 1. The second-order valence-corrected chi connectivity index (χ2v) is 5.54. The van der Waals surface area contributed by atoms with Crippen molar-refractivity contribution in [3.05, 3.63) is 42.0 Å². The molecule has 0 aromatic heterocycles. The van der Waals surface area contributed by atoms with Crippen LogP contribution in [0.5, 0.6) is 5.75 Å². The molecule has 0 heterocycles. The lowest BCUT2D eigenvalue weighted by Crippen LogP contribution is -2.25. The highest BCUT2D eigenvalue weighted by molar-refractivity contribution is 5.39. The summed E-state index contributed by atoms with van der Waals surface area (Å²) >= 11 is 0. The predicted molar refractivity (Wildman–Crippen MR) is 85.3 cm³/mol. The van der Waals surface area contributed by atoms with E-state index in [2.05, 4.69) is 37.0 Å². The Morgan fingerprint density at radius 3 is 3.15 bits per heavy atom. The third kappa shape index (κ3) is 4.11. The van der Waals surface area contributed by atoms with Gasteiger partial charge in [0, 0.05) is 6.04 Å². The largest absolute Gasteiger partial charge is 0.494 e. The van der Waals surface area contributed by atoms with Gasteiger partial charge in [-0.25, -0.2) is 0 Å². The number of unbranched alkanes of at least 4 members (excludes halogenated alkanes) is 1. The van der Waals surface area contributed by atoms with Gasteiger partial charge in [-0.1, -0.05) is 19.1 Å². The Labute approximate surface area is 123 Å². The molecule has 1 aliphatic rings. The zero-order chi connectivity index (χ0) is 14.2. The van der Waals surface area contributed by atoms with E-state index in [4.69, 9.17) is 4.74 Å². The maximum Gasteiger partial charge on any atom is 0.119 e. The number of nitrogens with one attached hydrogen (secondary N) is 1. The van der Waals surface area contributed by atoms with Crippen molar-refractivity contribution in [3.63, 3.8) is 0 Å². The fraction of sp³-hybridized carbons (Fsp3) is 0.556. The number of hydrogen-bond acceptors (Lipinski definition) is 2. The van der Waals surface area contributed by atoms with Crippen molar-refractivity contribution in [2.75, 3.05) is 13.2 Å². The molecule has 110 valence electrons. The topological polar surface area (TPSA) is 21.3 Å². The highest BCUT2D eigenvalue weighted by atomic mass is 16.5. The standard InChI is InChI=1S/C18H27NO/c1-3-5-6-13-20-16-11-10-15-8-7-9-18(17(15)14-16)19-12-4-2/h3,10-11,14,18-19H,1,4-9,12-13H2,2H3. The van der Waals surface area contributed by atoms with Gasteiger partial charge >= 0.3 is 0 Å². The molecule has 1 aliphatic carbocycles. The Morgan fingerprint density at radius 2 is 2.35 bits per heavy atom. The number of fused-ring (bicyclic) bond motifs is 1. The van der Waals surface area contributed by atoms with Crippen molar-refractivity contribution in [1.82, 2.24) is 5.32 Å². The lowest BCUT2D eigenvalue weighted by Gasteiger charge is -2.27. The summed E-state index contributed by atoms with van der Waals surface area (Å²) < 4.78 is 5.85. The number of ether oxygens (including phenoxy) is 1. The summed E-state index contributed by atoms with van der Waals surface area (Å²) in [5, 5.41) is 3.66. The van der Waals surface area contributed by atoms with E-state index in [-0.39, 0.29) is 0 Å². The van der Waals surface area contributed by atoms with E-state index in [0.29, 0.717) is 6.04 Å². The molecule has 0 radical (unpaired) electrons. The maximum absolute atomic E-state index is 5.85. The van der Waals surface area contributed by atoms with Crippen LogP contribution >= 0.6 is 0 Å². The van der Waals surface area contributed by atoms with Crippen molar-refractivity contribution in [2.24, 2.45) is 0 Å². The Kier molecular flexibility index (Phi) is 6.13. The number of allylic oxidation sites excluding steroid dienone is 1. The zero-order valence-corrected chi connectivity index (χ0v) is 12.7. The van der Waals surface area contributed by atoms with Crippen molar-refractivity contribution < 1.29 is 4.74 Å². The molecule has 1 N–H and O–H groups in total. The normalized spacial score (nSPS) is 17.6. The van der Waals surface area contributed by atoms with Gasteiger partial charge in [-0.3, -0.25) is 0 Å². The molecule has 2 rings (SSSR count). The monoisotopic (exact) mass is 273 g/mol. The summed E-state index contributed by atoms with van der Waals surface area (Å²) in [5.41, 5.74) is 2.94. The van der Waals surface area contributed by atoms with E-state index < -0.39 is 0 Å². The molecular weight excluding hydrogens is 246 g/mol. The van der Waals surface area contributed by atoms with Gasteiger partial charge in [-0.05, 0) is 68.3 Å². The molecule has 1 aromatic rings. The van der Waals surface area contributed by atoms with Crippen LogP contribution in [0.2, 0.25) is 0 Å². The second kappa shape index (κ2) is 8.11.